The first-order valence-corrected chi connectivity index (χ1v) is 13.7. The number of carbonyl (C=O) groups is 2. The summed E-state index contributed by atoms with van der Waals surface area (Å²) in [5.41, 5.74) is 2.74. The van der Waals surface area contributed by atoms with Crippen molar-refractivity contribution in [2.24, 2.45) is 5.92 Å². The van der Waals surface area contributed by atoms with Gasteiger partial charge in [-0.1, -0.05) is 105 Å². The molecule has 202 valence electrons. The van der Waals surface area contributed by atoms with Crippen molar-refractivity contribution in [3.63, 3.8) is 0 Å². The number of nitrogens with zero attached hydrogens (tertiary/aromatic N) is 1. The van der Waals surface area contributed by atoms with Gasteiger partial charge in [0.25, 0.3) is 5.91 Å². The fourth-order valence-corrected chi connectivity index (χ4v) is 4.44. The van der Waals surface area contributed by atoms with Crippen LogP contribution in [0.4, 0.5) is 0 Å². The Balaban J connectivity index is 1.94. The molecule has 0 aliphatic heterocycles. The molecule has 3 rings (SSSR count). The summed E-state index contributed by atoms with van der Waals surface area (Å²) < 4.78 is 6.03. The highest BCUT2D eigenvalue weighted by atomic mass is 35.5. The van der Waals surface area contributed by atoms with Crippen molar-refractivity contribution in [2.75, 3.05) is 13.2 Å². The summed E-state index contributed by atoms with van der Waals surface area (Å²) in [7, 11) is 0. The Morgan fingerprint density at radius 3 is 2.21 bits per heavy atom. The van der Waals surface area contributed by atoms with E-state index >= 15 is 0 Å². The van der Waals surface area contributed by atoms with Crippen molar-refractivity contribution in [2.45, 2.75) is 52.6 Å². The fourth-order valence-electron chi connectivity index (χ4n) is 4.12. The molecule has 0 saturated heterocycles. The van der Waals surface area contributed by atoms with E-state index in [1.54, 1.807) is 17.0 Å². The van der Waals surface area contributed by atoms with E-state index in [9.17, 15) is 9.59 Å². The van der Waals surface area contributed by atoms with E-state index in [0.29, 0.717) is 28.8 Å². The van der Waals surface area contributed by atoms with Gasteiger partial charge in [-0.25, -0.2) is 0 Å². The second kappa shape index (κ2) is 14.2. The van der Waals surface area contributed by atoms with E-state index < -0.39 is 6.04 Å². The average molecular weight is 556 g/mol. The second-order valence-electron chi connectivity index (χ2n) is 10.1. The average Bonchev–Trinajstić information content (AvgIpc) is 2.90. The van der Waals surface area contributed by atoms with Crippen LogP contribution in [0.25, 0.3) is 0 Å². The zero-order chi connectivity index (χ0) is 27.7. The fraction of sp³-hybridized carbons (Fsp3) is 0.355. The van der Waals surface area contributed by atoms with Gasteiger partial charge in [0.15, 0.2) is 6.61 Å². The van der Waals surface area contributed by atoms with Crippen LogP contribution in [0.2, 0.25) is 10.0 Å². The molecule has 0 aliphatic carbocycles. The SMILES string of the molecule is CC(C)CNC(=O)[C@@H](Cc1ccccc1)N(Cc1ccc(Cl)c(Cl)c1)C(=O)COc1ccccc1C(C)C. The van der Waals surface area contributed by atoms with Gasteiger partial charge in [-0.05, 0) is 46.7 Å². The lowest BCUT2D eigenvalue weighted by molar-refractivity contribution is -0.142. The van der Waals surface area contributed by atoms with Crippen LogP contribution in [0.3, 0.4) is 0 Å². The van der Waals surface area contributed by atoms with Gasteiger partial charge in [-0.2, -0.15) is 0 Å². The highest BCUT2D eigenvalue weighted by molar-refractivity contribution is 6.42. The smallest absolute Gasteiger partial charge is 0.261 e. The standard InChI is InChI=1S/C31H36Cl2N2O3/c1-21(2)18-34-31(37)28(17-23-10-6-5-7-11-23)35(19-24-14-15-26(32)27(33)16-24)30(36)20-38-29-13-9-8-12-25(29)22(3)4/h5-16,21-22,28H,17-20H2,1-4H3,(H,34,37)/t28-/m1/s1. The molecule has 0 fully saturated rings. The van der Waals surface area contributed by atoms with E-state index in [0.717, 1.165) is 16.7 Å². The maximum Gasteiger partial charge on any atom is 0.261 e. The lowest BCUT2D eigenvalue weighted by Gasteiger charge is -2.32. The Bertz CT molecular complexity index is 1210. The Morgan fingerprint density at radius 1 is 0.868 bits per heavy atom. The van der Waals surface area contributed by atoms with Crippen LogP contribution in [0.15, 0.2) is 72.8 Å². The lowest BCUT2D eigenvalue weighted by Crippen LogP contribution is -2.52. The summed E-state index contributed by atoms with van der Waals surface area (Å²) in [6.45, 7) is 8.71. The molecule has 0 bridgehead atoms. The molecule has 38 heavy (non-hydrogen) atoms. The van der Waals surface area contributed by atoms with Crippen LogP contribution in [0, 0.1) is 5.92 Å². The van der Waals surface area contributed by atoms with Crippen molar-refractivity contribution in [3.05, 3.63) is 99.5 Å². The summed E-state index contributed by atoms with van der Waals surface area (Å²) >= 11 is 12.4. The van der Waals surface area contributed by atoms with Gasteiger partial charge in [0.1, 0.15) is 11.8 Å². The van der Waals surface area contributed by atoms with Crippen LogP contribution in [0.5, 0.6) is 5.75 Å². The molecule has 2 amide bonds. The summed E-state index contributed by atoms with van der Waals surface area (Å²) in [5, 5.41) is 3.84. The number of para-hydroxylation sites is 1. The number of amides is 2. The van der Waals surface area contributed by atoms with E-state index in [2.05, 4.69) is 19.2 Å². The Morgan fingerprint density at radius 2 is 1.55 bits per heavy atom. The molecule has 0 heterocycles. The van der Waals surface area contributed by atoms with Gasteiger partial charge >= 0.3 is 0 Å². The Hall–Kier alpha value is -3.02. The highest BCUT2D eigenvalue weighted by Gasteiger charge is 2.31. The maximum absolute atomic E-state index is 13.8. The first-order chi connectivity index (χ1) is 18.2. The number of hydrogen-bond acceptors (Lipinski definition) is 3. The topological polar surface area (TPSA) is 58.6 Å². The van der Waals surface area contributed by atoms with Crippen molar-refractivity contribution < 1.29 is 14.3 Å². The van der Waals surface area contributed by atoms with Crippen LogP contribution in [-0.4, -0.2) is 35.9 Å². The molecule has 5 nitrogen and oxygen atoms in total. The van der Waals surface area contributed by atoms with Gasteiger partial charge in [-0.3, -0.25) is 9.59 Å². The third kappa shape index (κ3) is 8.50. The minimum absolute atomic E-state index is 0.178. The third-order valence-electron chi connectivity index (χ3n) is 6.18. The quantitative estimate of drug-likeness (QED) is 0.264. The molecular formula is C31H36Cl2N2O3. The van der Waals surface area contributed by atoms with Crippen LogP contribution >= 0.6 is 23.2 Å². The van der Waals surface area contributed by atoms with Crippen LogP contribution < -0.4 is 10.1 Å². The molecule has 0 aromatic heterocycles. The zero-order valence-corrected chi connectivity index (χ0v) is 23.9. The molecule has 1 N–H and O–H groups in total. The first-order valence-electron chi connectivity index (χ1n) is 12.9. The minimum Gasteiger partial charge on any atom is -0.483 e. The second-order valence-corrected chi connectivity index (χ2v) is 10.9. The predicted molar refractivity (Wildman–Crippen MR) is 155 cm³/mol. The molecule has 0 spiro atoms. The summed E-state index contributed by atoms with van der Waals surface area (Å²) in [6, 6.07) is 21.9. The van der Waals surface area contributed by atoms with E-state index in [-0.39, 0.29) is 36.8 Å². The normalized spacial score (nSPS) is 11.9. The number of rotatable bonds is 12. The van der Waals surface area contributed by atoms with Crippen molar-refractivity contribution >= 4 is 35.0 Å². The molecule has 0 saturated carbocycles. The zero-order valence-electron chi connectivity index (χ0n) is 22.4. The van der Waals surface area contributed by atoms with E-state index in [4.69, 9.17) is 27.9 Å². The molecule has 0 radical (unpaired) electrons. The molecule has 3 aromatic rings. The highest BCUT2D eigenvalue weighted by Crippen LogP contribution is 2.27. The minimum atomic E-state index is -0.748. The van der Waals surface area contributed by atoms with Gasteiger partial charge in [0.05, 0.1) is 10.0 Å². The van der Waals surface area contributed by atoms with Crippen LogP contribution in [0.1, 0.15) is 50.3 Å². The summed E-state index contributed by atoms with van der Waals surface area (Å²) in [5.74, 6) is 0.663. The number of carbonyl (C=O) groups excluding carboxylic acids is 2. The number of halogens is 2. The largest absolute Gasteiger partial charge is 0.483 e. The molecule has 0 aliphatic rings. The number of ether oxygens (including phenoxy) is 1. The summed E-state index contributed by atoms with van der Waals surface area (Å²) in [4.78, 5) is 28.9. The number of hydrogen-bond donors (Lipinski definition) is 1. The molecule has 3 aromatic carbocycles. The number of nitrogens with one attached hydrogen (secondary N) is 1. The van der Waals surface area contributed by atoms with Crippen molar-refractivity contribution in [1.82, 2.24) is 10.2 Å². The van der Waals surface area contributed by atoms with Crippen molar-refractivity contribution in [1.29, 1.82) is 0 Å². The third-order valence-corrected chi connectivity index (χ3v) is 6.92. The van der Waals surface area contributed by atoms with Crippen LogP contribution in [-0.2, 0) is 22.6 Å². The van der Waals surface area contributed by atoms with Gasteiger partial charge in [0.2, 0.25) is 5.91 Å². The molecule has 7 heteroatoms. The van der Waals surface area contributed by atoms with E-state index in [1.165, 1.54) is 0 Å². The predicted octanol–water partition coefficient (Wildman–Crippen LogP) is 6.91. The first kappa shape index (κ1) is 29.5. The maximum atomic E-state index is 13.8. The Kier molecular flexibility index (Phi) is 11.1. The van der Waals surface area contributed by atoms with Crippen molar-refractivity contribution in [3.8, 4) is 5.75 Å². The van der Waals surface area contributed by atoms with Gasteiger partial charge in [-0.15, -0.1) is 0 Å². The molecule has 1 atom stereocenters. The number of benzene rings is 3. The van der Waals surface area contributed by atoms with Gasteiger partial charge < -0.3 is 15.0 Å². The van der Waals surface area contributed by atoms with Gasteiger partial charge in [0, 0.05) is 19.5 Å². The molecular weight excluding hydrogens is 519 g/mol. The monoisotopic (exact) mass is 554 g/mol. The lowest BCUT2D eigenvalue weighted by atomic mass is 10.0. The summed E-state index contributed by atoms with van der Waals surface area (Å²) in [6.07, 6.45) is 0.362. The molecule has 0 unspecified atom stereocenters. The Labute approximate surface area is 236 Å². The van der Waals surface area contributed by atoms with E-state index in [1.807, 2.05) is 74.5 Å².